The van der Waals surface area contributed by atoms with Gasteiger partial charge in [0, 0.05) is 68.9 Å². The number of ether oxygens (including phenoxy) is 1. The number of likely N-dealkylation sites (N-methyl/N-ethyl adjacent to an activating group) is 1. The van der Waals surface area contributed by atoms with Crippen molar-refractivity contribution >= 4 is 17.3 Å². The molecule has 0 amide bonds. The Hall–Kier alpha value is -2.30. The molecule has 2 bridgehead atoms. The molecular formula is C25H36N8O. The Morgan fingerprint density at radius 3 is 2.65 bits per heavy atom. The summed E-state index contributed by atoms with van der Waals surface area (Å²) in [7, 11) is 2.25. The lowest BCUT2D eigenvalue weighted by atomic mass is 10.1. The number of aryl methyl sites for hydroxylation is 1. The van der Waals surface area contributed by atoms with Crippen molar-refractivity contribution in [2.45, 2.75) is 37.6 Å². The van der Waals surface area contributed by atoms with Crippen molar-refractivity contribution in [2.75, 3.05) is 69.7 Å². The number of aromatic nitrogens is 2. The van der Waals surface area contributed by atoms with Gasteiger partial charge in [0.15, 0.2) is 0 Å². The van der Waals surface area contributed by atoms with Crippen LogP contribution in [0.5, 0.6) is 0 Å². The second-order valence-electron chi connectivity index (χ2n) is 10.1. The summed E-state index contributed by atoms with van der Waals surface area (Å²) in [5.74, 6) is 0.642. The van der Waals surface area contributed by atoms with Crippen LogP contribution in [0.1, 0.15) is 23.7 Å². The van der Waals surface area contributed by atoms with Crippen LogP contribution in [0.3, 0.4) is 0 Å². The second-order valence-corrected chi connectivity index (χ2v) is 10.1. The lowest BCUT2D eigenvalue weighted by Gasteiger charge is -2.39. The van der Waals surface area contributed by atoms with E-state index < -0.39 is 0 Å². The number of nitrogens with zero attached hydrogens (tertiary/aromatic N) is 5. The minimum Gasteiger partial charge on any atom is -0.379 e. The number of morpholine rings is 1. The molecule has 4 fully saturated rings. The smallest absolute Gasteiger partial charge is 0.227 e. The summed E-state index contributed by atoms with van der Waals surface area (Å²) in [6.07, 6.45) is 3.49. The Morgan fingerprint density at radius 1 is 1.06 bits per heavy atom. The highest BCUT2D eigenvalue weighted by Gasteiger charge is 2.41. The third kappa shape index (κ3) is 4.38. The van der Waals surface area contributed by atoms with Gasteiger partial charge in [-0.2, -0.15) is 0 Å². The number of hydrogen-bond donors (Lipinski definition) is 3. The highest BCUT2D eigenvalue weighted by molar-refractivity contribution is 5.64. The number of hydrogen-bond acceptors (Lipinski definition) is 9. The Kier molecular flexibility index (Phi) is 6.13. The summed E-state index contributed by atoms with van der Waals surface area (Å²) >= 11 is 0. The van der Waals surface area contributed by atoms with E-state index in [0.717, 1.165) is 57.3 Å². The fourth-order valence-electron chi connectivity index (χ4n) is 5.98. The van der Waals surface area contributed by atoms with Crippen LogP contribution in [0.25, 0.3) is 0 Å². The minimum absolute atomic E-state index is 0.175. The van der Waals surface area contributed by atoms with Crippen molar-refractivity contribution in [1.29, 1.82) is 0 Å². The van der Waals surface area contributed by atoms with Gasteiger partial charge in [-0.25, -0.2) is 9.97 Å². The molecule has 182 valence electrons. The number of fused-ring (bicyclic) bond motifs is 2. The van der Waals surface area contributed by atoms with Gasteiger partial charge in [0.1, 0.15) is 0 Å². The molecule has 0 aliphatic carbocycles. The molecule has 6 rings (SSSR count). The van der Waals surface area contributed by atoms with Crippen molar-refractivity contribution in [3.8, 4) is 0 Å². The molecule has 9 heteroatoms. The van der Waals surface area contributed by atoms with Crippen molar-refractivity contribution in [3.05, 3.63) is 41.7 Å². The molecular weight excluding hydrogens is 428 g/mol. The fraction of sp³-hybridized carbons (Fsp3) is 0.600. The molecule has 0 saturated carbocycles. The number of nitrogens with one attached hydrogen (secondary N) is 3. The Morgan fingerprint density at radius 2 is 1.94 bits per heavy atom. The summed E-state index contributed by atoms with van der Waals surface area (Å²) in [4.78, 5) is 16.8. The first-order valence-corrected chi connectivity index (χ1v) is 12.6. The van der Waals surface area contributed by atoms with E-state index in [0.29, 0.717) is 24.2 Å². The van der Waals surface area contributed by atoms with E-state index in [2.05, 4.69) is 67.8 Å². The highest BCUT2D eigenvalue weighted by atomic mass is 16.5. The standard InChI is InChI=1S/C25H36N8O/c1-17-11-18(3-4-23(17)33-16-19-12-20(33)15-31(19)2)29-25-26-6-5-21(30-25)22-13-28-24(14-27-22)32-7-9-34-10-8-32/h3-6,11,19-20,22,24,27-28H,7-10,12-16H2,1-2H3,(H,26,29,30)/t19-,20-,22?,24?/m0/s1. The van der Waals surface area contributed by atoms with E-state index in [-0.39, 0.29) is 6.04 Å². The van der Waals surface area contributed by atoms with Crippen LogP contribution in [-0.4, -0.2) is 97.5 Å². The van der Waals surface area contributed by atoms with Gasteiger partial charge in [-0.3, -0.25) is 15.1 Å². The number of piperazine rings is 2. The molecule has 0 spiro atoms. The first kappa shape index (κ1) is 22.2. The summed E-state index contributed by atoms with van der Waals surface area (Å²) in [6.45, 7) is 9.86. The van der Waals surface area contributed by atoms with E-state index in [1.54, 1.807) is 0 Å². The first-order valence-electron chi connectivity index (χ1n) is 12.6. The molecule has 1 aromatic carbocycles. The molecule has 9 nitrogen and oxygen atoms in total. The van der Waals surface area contributed by atoms with Gasteiger partial charge in [0.05, 0.1) is 31.1 Å². The van der Waals surface area contributed by atoms with Crippen LogP contribution in [0.15, 0.2) is 30.5 Å². The Bertz CT molecular complexity index is 1000. The van der Waals surface area contributed by atoms with E-state index in [4.69, 9.17) is 9.72 Å². The molecule has 5 heterocycles. The zero-order chi connectivity index (χ0) is 23.1. The predicted molar refractivity (Wildman–Crippen MR) is 134 cm³/mol. The van der Waals surface area contributed by atoms with Gasteiger partial charge in [-0.15, -0.1) is 0 Å². The second kappa shape index (κ2) is 9.39. The average Bonchev–Trinajstić information content (AvgIpc) is 3.45. The van der Waals surface area contributed by atoms with Crippen LogP contribution in [0.4, 0.5) is 17.3 Å². The van der Waals surface area contributed by atoms with E-state index in [1.165, 1.54) is 24.2 Å². The van der Waals surface area contributed by atoms with Gasteiger partial charge in [-0.05, 0) is 50.2 Å². The van der Waals surface area contributed by atoms with Crippen molar-refractivity contribution in [3.63, 3.8) is 0 Å². The summed E-state index contributed by atoms with van der Waals surface area (Å²) in [5, 5.41) is 10.8. The molecule has 0 radical (unpaired) electrons. The highest BCUT2D eigenvalue weighted by Crippen LogP contribution is 2.36. The molecule has 4 saturated heterocycles. The monoisotopic (exact) mass is 464 g/mol. The number of rotatable bonds is 5. The Labute approximate surface area is 201 Å². The van der Waals surface area contributed by atoms with Crippen LogP contribution < -0.4 is 20.9 Å². The SMILES string of the molecule is Cc1cc(Nc2nccc(C3CNC(N4CCOCC4)CN3)n2)ccc1N1C[C@@H]2C[C@H]1CN2C. The maximum atomic E-state index is 5.48. The molecule has 3 N–H and O–H groups in total. The van der Waals surface area contributed by atoms with Crippen LogP contribution in [-0.2, 0) is 4.74 Å². The summed E-state index contributed by atoms with van der Waals surface area (Å²) < 4.78 is 5.48. The van der Waals surface area contributed by atoms with E-state index in [1.807, 2.05) is 12.3 Å². The largest absolute Gasteiger partial charge is 0.379 e. The van der Waals surface area contributed by atoms with Crippen LogP contribution in [0, 0.1) is 6.92 Å². The molecule has 2 unspecified atom stereocenters. The summed E-state index contributed by atoms with van der Waals surface area (Å²) in [5.41, 5.74) is 4.69. The van der Waals surface area contributed by atoms with E-state index in [9.17, 15) is 0 Å². The normalized spacial score (nSPS) is 30.1. The number of likely N-dealkylation sites (tertiary alicyclic amines) is 1. The zero-order valence-corrected chi connectivity index (χ0v) is 20.2. The maximum Gasteiger partial charge on any atom is 0.227 e. The quantitative estimate of drug-likeness (QED) is 0.607. The number of anilines is 3. The maximum absolute atomic E-state index is 5.48. The third-order valence-corrected chi connectivity index (χ3v) is 7.91. The van der Waals surface area contributed by atoms with Gasteiger partial charge in [0.25, 0.3) is 0 Å². The lowest BCUT2D eigenvalue weighted by molar-refractivity contribution is 0.00307. The lowest BCUT2D eigenvalue weighted by Crippen LogP contribution is -2.60. The molecule has 1 aromatic heterocycles. The van der Waals surface area contributed by atoms with Gasteiger partial charge < -0.3 is 20.3 Å². The van der Waals surface area contributed by atoms with E-state index >= 15 is 0 Å². The molecule has 4 atom stereocenters. The molecule has 4 aliphatic heterocycles. The van der Waals surface area contributed by atoms with Crippen molar-refractivity contribution in [1.82, 2.24) is 30.4 Å². The molecule has 34 heavy (non-hydrogen) atoms. The van der Waals surface area contributed by atoms with Gasteiger partial charge in [-0.1, -0.05) is 0 Å². The fourth-order valence-corrected chi connectivity index (χ4v) is 5.98. The Balaban J connectivity index is 1.09. The summed E-state index contributed by atoms with van der Waals surface area (Å²) in [6, 6.07) is 10.1. The topological polar surface area (TPSA) is 80.8 Å². The van der Waals surface area contributed by atoms with Crippen molar-refractivity contribution < 1.29 is 4.74 Å². The molecule has 2 aromatic rings. The van der Waals surface area contributed by atoms with Crippen molar-refractivity contribution in [2.24, 2.45) is 0 Å². The average molecular weight is 465 g/mol. The third-order valence-electron chi connectivity index (χ3n) is 7.91. The number of benzene rings is 1. The first-order chi connectivity index (χ1) is 16.6. The van der Waals surface area contributed by atoms with Gasteiger partial charge in [0.2, 0.25) is 5.95 Å². The molecule has 4 aliphatic rings. The van der Waals surface area contributed by atoms with Crippen LogP contribution in [0.2, 0.25) is 0 Å². The van der Waals surface area contributed by atoms with Crippen LogP contribution >= 0.6 is 0 Å². The predicted octanol–water partition coefficient (Wildman–Crippen LogP) is 1.31. The minimum atomic E-state index is 0.175. The van der Waals surface area contributed by atoms with Gasteiger partial charge >= 0.3 is 0 Å². The zero-order valence-electron chi connectivity index (χ0n) is 20.2.